The van der Waals surface area contributed by atoms with Gasteiger partial charge in [0, 0.05) is 5.56 Å². The van der Waals surface area contributed by atoms with Crippen LogP contribution in [0, 0.1) is 11.6 Å². The normalized spacial score (nSPS) is 12.4. The first kappa shape index (κ1) is 21.0. The van der Waals surface area contributed by atoms with E-state index in [2.05, 4.69) is 5.32 Å². The number of amides is 1. The molecule has 0 aliphatic heterocycles. The van der Waals surface area contributed by atoms with Gasteiger partial charge < -0.3 is 14.8 Å². The number of ether oxygens (including phenoxy) is 2. The Morgan fingerprint density at radius 2 is 1.78 bits per heavy atom. The molecular formula is C20H22ClF2NO3. The number of hydrogen-bond acceptors (Lipinski definition) is 3. The van der Waals surface area contributed by atoms with Crippen LogP contribution >= 0.6 is 11.6 Å². The van der Waals surface area contributed by atoms with Crippen LogP contribution in [0.2, 0.25) is 5.02 Å². The minimum Gasteiger partial charge on any atom is -0.453 e. The van der Waals surface area contributed by atoms with Gasteiger partial charge in [0.25, 0.3) is 0 Å². The highest BCUT2D eigenvalue weighted by Crippen LogP contribution is 2.36. The van der Waals surface area contributed by atoms with Crippen molar-refractivity contribution in [3.8, 4) is 11.5 Å². The van der Waals surface area contributed by atoms with E-state index < -0.39 is 29.4 Å². The number of nitrogens with one attached hydrogen (secondary N) is 1. The summed E-state index contributed by atoms with van der Waals surface area (Å²) in [6.07, 6.45) is -0.224. The maximum Gasteiger partial charge on any atom is 0.408 e. The summed E-state index contributed by atoms with van der Waals surface area (Å²) < 4.78 is 38.8. The number of alkyl carbamates (subject to hydrolysis) is 1. The van der Waals surface area contributed by atoms with Crippen molar-refractivity contribution in [3.05, 3.63) is 58.6 Å². The molecule has 27 heavy (non-hydrogen) atoms. The highest BCUT2D eigenvalue weighted by Gasteiger charge is 2.24. The first-order valence-electron chi connectivity index (χ1n) is 8.51. The highest BCUT2D eigenvalue weighted by molar-refractivity contribution is 6.32. The molecule has 2 rings (SSSR count). The quantitative estimate of drug-likeness (QED) is 0.636. The van der Waals surface area contributed by atoms with Crippen LogP contribution in [0.1, 0.15) is 45.7 Å². The van der Waals surface area contributed by atoms with E-state index in [9.17, 15) is 9.18 Å². The molecule has 0 unspecified atom stereocenters. The molecule has 0 radical (unpaired) electrons. The molecule has 2 aromatic carbocycles. The lowest BCUT2D eigenvalue weighted by atomic mass is 10.0. The Morgan fingerprint density at radius 3 is 2.33 bits per heavy atom. The van der Waals surface area contributed by atoms with Gasteiger partial charge in [0.15, 0.2) is 11.6 Å². The average molecular weight is 398 g/mol. The molecule has 1 amide bonds. The van der Waals surface area contributed by atoms with Crippen LogP contribution in [0.15, 0.2) is 36.4 Å². The van der Waals surface area contributed by atoms with Gasteiger partial charge in [0.1, 0.15) is 17.2 Å². The van der Waals surface area contributed by atoms with E-state index in [0.717, 1.165) is 0 Å². The summed E-state index contributed by atoms with van der Waals surface area (Å²) in [5, 5.41) is 2.71. The van der Waals surface area contributed by atoms with Gasteiger partial charge in [-0.1, -0.05) is 24.6 Å². The lowest BCUT2D eigenvalue weighted by Gasteiger charge is -2.24. The van der Waals surface area contributed by atoms with Crippen LogP contribution in [0.3, 0.4) is 0 Å². The number of carbonyl (C=O) groups excluding carboxylic acids is 1. The molecule has 1 N–H and O–H groups in total. The van der Waals surface area contributed by atoms with Crippen LogP contribution in [-0.4, -0.2) is 11.7 Å². The topological polar surface area (TPSA) is 47.6 Å². The van der Waals surface area contributed by atoms with Crippen molar-refractivity contribution in [2.75, 3.05) is 0 Å². The second kappa shape index (κ2) is 8.57. The number of hydrogen-bond donors (Lipinski definition) is 1. The molecule has 1 atom stereocenters. The minimum absolute atomic E-state index is 0.0627. The second-order valence-corrected chi connectivity index (χ2v) is 7.35. The zero-order chi connectivity index (χ0) is 20.2. The fourth-order valence-electron chi connectivity index (χ4n) is 2.38. The van der Waals surface area contributed by atoms with E-state index in [4.69, 9.17) is 21.1 Å². The number of benzene rings is 2. The summed E-state index contributed by atoms with van der Waals surface area (Å²) in [7, 11) is 0. The summed E-state index contributed by atoms with van der Waals surface area (Å²) >= 11 is 6.07. The van der Waals surface area contributed by atoms with Gasteiger partial charge in [-0.3, -0.25) is 0 Å². The predicted octanol–water partition coefficient (Wildman–Crippen LogP) is 6.39. The summed E-state index contributed by atoms with van der Waals surface area (Å²) in [6.45, 7) is 7.03. The summed E-state index contributed by atoms with van der Waals surface area (Å²) in [4.78, 5) is 12.0. The number of halogens is 3. The fourth-order valence-corrected chi connectivity index (χ4v) is 2.56. The van der Waals surface area contributed by atoms with Crippen LogP contribution < -0.4 is 10.1 Å². The lowest BCUT2D eigenvalue weighted by molar-refractivity contribution is 0.0501. The first-order chi connectivity index (χ1) is 12.6. The van der Waals surface area contributed by atoms with E-state index in [0.29, 0.717) is 6.42 Å². The molecule has 7 heteroatoms. The van der Waals surface area contributed by atoms with E-state index in [1.54, 1.807) is 27.7 Å². The Kier molecular flexibility index (Phi) is 6.65. The minimum atomic E-state index is -0.699. The van der Waals surface area contributed by atoms with E-state index in [1.165, 1.54) is 36.4 Å². The number of carbonyl (C=O) groups is 1. The van der Waals surface area contributed by atoms with Gasteiger partial charge in [-0.25, -0.2) is 13.6 Å². The first-order valence-corrected chi connectivity index (χ1v) is 8.89. The average Bonchev–Trinajstić information content (AvgIpc) is 2.57. The molecule has 2 aromatic rings. The standard InChI is InChI=1S/C20H22ClF2NO3/c1-5-16(24-19(25)27-20(2,3)4)14-10-11-15(21)18(17(14)23)26-13-8-6-12(22)7-9-13/h6-11,16H,5H2,1-4H3,(H,24,25)/t16-/m1/s1. The Labute approximate surface area is 162 Å². The van der Waals surface area contributed by atoms with Crippen molar-refractivity contribution in [1.29, 1.82) is 0 Å². The highest BCUT2D eigenvalue weighted by atomic mass is 35.5. The third-order valence-corrected chi connectivity index (χ3v) is 3.88. The summed E-state index contributed by atoms with van der Waals surface area (Å²) in [6, 6.07) is 7.47. The smallest absolute Gasteiger partial charge is 0.408 e. The van der Waals surface area contributed by atoms with Gasteiger partial charge in [-0.05, 0) is 57.5 Å². The van der Waals surface area contributed by atoms with Gasteiger partial charge in [-0.2, -0.15) is 0 Å². The van der Waals surface area contributed by atoms with Crippen LogP contribution in [0.5, 0.6) is 11.5 Å². The third kappa shape index (κ3) is 5.82. The number of rotatable bonds is 5. The Bertz CT molecular complexity index is 804. The molecule has 0 fully saturated rings. The van der Waals surface area contributed by atoms with Gasteiger partial charge in [-0.15, -0.1) is 0 Å². The maximum atomic E-state index is 15.0. The summed E-state index contributed by atoms with van der Waals surface area (Å²) in [5.74, 6) is -1.09. The lowest BCUT2D eigenvalue weighted by Crippen LogP contribution is -2.35. The largest absolute Gasteiger partial charge is 0.453 e. The van der Waals surface area contributed by atoms with Crippen molar-refractivity contribution in [2.24, 2.45) is 0 Å². The predicted molar refractivity (Wildman–Crippen MR) is 100 cm³/mol. The van der Waals surface area contributed by atoms with Gasteiger partial charge in [0.05, 0.1) is 11.1 Å². The van der Waals surface area contributed by atoms with Crippen molar-refractivity contribution in [2.45, 2.75) is 45.8 Å². The zero-order valence-electron chi connectivity index (χ0n) is 15.6. The third-order valence-electron chi connectivity index (χ3n) is 3.59. The molecule has 0 heterocycles. The monoisotopic (exact) mass is 397 g/mol. The van der Waals surface area contributed by atoms with Gasteiger partial charge >= 0.3 is 6.09 Å². The van der Waals surface area contributed by atoms with Crippen molar-refractivity contribution >= 4 is 17.7 Å². The van der Waals surface area contributed by atoms with Crippen LogP contribution in [0.4, 0.5) is 13.6 Å². The molecule has 0 spiro atoms. The molecule has 4 nitrogen and oxygen atoms in total. The molecule has 0 saturated heterocycles. The van der Waals surface area contributed by atoms with E-state index >= 15 is 4.39 Å². The van der Waals surface area contributed by atoms with Crippen molar-refractivity contribution in [1.82, 2.24) is 5.32 Å². The maximum absolute atomic E-state index is 15.0. The molecular weight excluding hydrogens is 376 g/mol. The fraction of sp³-hybridized carbons (Fsp3) is 0.350. The Morgan fingerprint density at radius 1 is 1.15 bits per heavy atom. The molecule has 0 aliphatic rings. The van der Waals surface area contributed by atoms with Crippen LogP contribution in [-0.2, 0) is 4.74 Å². The molecule has 0 bridgehead atoms. The van der Waals surface area contributed by atoms with E-state index in [1.807, 2.05) is 0 Å². The zero-order valence-corrected chi connectivity index (χ0v) is 16.4. The van der Waals surface area contributed by atoms with Gasteiger partial charge in [0.2, 0.25) is 0 Å². The molecule has 146 valence electrons. The summed E-state index contributed by atoms with van der Waals surface area (Å²) in [5.41, 5.74) is -0.456. The molecule has 0 aliphatic carbocycles. The Hall–Kier alpha value is -2.34. The van der Waals surface area contributed by atoms with E-state index in [-0.39, 0.29) is 22.1 Å². The second-order valence-electron chi connectivity index (χ2n) is 6.94. The van der Waals surface area contributed by atoms with Crippen LogP contribution in [0.25, 0.3) is 0 Å². The Balaban J connectivity index is 2.28. The molecule has 0 saturated carbocycles. The van der Waals surface area contributed by atoms with Crippen molar-refractivity contribution < 1.29 is 23.0 Å². The van der Waals surface area contributed by atoms with Crippen molar-refractivity contribution in [3.63, 3.8) is 0 Å². The SMILES string of the molecule is CC[C@@H](NC(=O)OC(C)(C)C)c1ccc(Cl)c(Oc2ccc(F)cc2)c1F. The molecule has 0 aromatic heterocycles.